The highest BCUT2D eigenvalue weighted by atomic mass is 79.9. The lowest BCUT2D eigenvalue weighted by atomic mass is 10.1. The van der Waals surface area contributed by atoms with E-state index in [1.165, 1.54) is 5.69 Å². The average molecular weight is 241 g/mol. The summed E-state index contributed by atoms with van der Waals surface area (Å²) in [5.74, 6) is 0. The third-order valence-electron chi connectivity index (χ3n) is 2.52. The lowest BCUT2D eigenvalue weighted by Crippen LogP contribution is -2.56. The maximum atomic E-state index is 3.48. The molecule has 1 heterocycles. The second-order valence-electron chi connectivity index (χ2n) is 3.40. The standard InChI is InChI=1S/C10H13BrN2/c1-13(10-6-12-7-10)9-4-2-3-8(11)5-9/h2-5,10,12H,6-7H2,1H3. The molecule has 1 fully saturated rings. The van der Waals surface area contributed by atoms with Crippen molar-refractivity contribution in [3.63, 3.8) is 0 Å². The van der Waals surface area contributed by atoms with Gasteiger partial charge in [0.25, 0.3) is 0 Å². The van der Waals surface area contributed by atoms with Crippen molar-refractivity contribution in [1.29, 1.82) is 0 Å². The molecule has 13 heavy (non-hydrogen) atoms. The predicted octanol–water partition coefficient (Wildman–Crippen LogP) is 1.86. The van der Waals surface area contributed by atoms with Gasteiger partial charge in [0.2, 0.25) is 0 Å². The number of rotatable bonds is 2. The number of likely N-dealkylation sites (N-methyl/N-ethyl adjacent to an activating group) is 1. The fraction of sp³-hybridized carbons (Fsp3) is 0.400. The molecular formula is C10H13BrN2. The smallest absolute Gasteiger partial charge is 0.0535 e. The first-order chi connectivity index (χ1) is 6.27. The van der Waals surface area contributed by atoms with Crippen LogP contribution in [-0.2, 0) is 0 Å². The summed E-state index contributed by atoms with van der Waals surface area (Å²) in [5, 5.41) is 3.27. The summed E-state index contributed by atoms with van der Waals surface area (Å²) in [6.07, 6.45) is 0. The minimum absolute atomic E-state index is 0.661. The Labute approximate surface area is 87.1 Å². The fourth-order valence-corrected chi connectivity index (χ4v) is 1.84. The summed E-state index contributed by atoms with van der Waals surface area (Å²) < 4.78 is 1.14. The fourth-order valence-electron chi connectivity index (χ4n) is 1.45. The summed E-state index contributed by atoms with van der Waals surface area (Å²) in [7, 11) is 2.15. The van der Waals surface area contributed by atoms with Crippen molar-refractivity contribution in [3.8, 4) is 0 Å². The molecule has 0 spiro atoms. The van der Waals surface area contributed by atoms with Crippen molar-refractivity contribution in [3.05, 3.63) is 28.7 Å². The van der Waals surface area contributed by atoms with Crippen LogP contribution >= 0.6 is 15.9 Å². The van der Waals surface area contributed by atoms with Crippen molar-refractivity contribution in [2.75, 3.05) is 25.0 Å². The van der Waals surface area contributed by atoms with Crippen LogP contribution in [0.2, 0.25) is 0 Å². The molecule has 1 N–H and O–H groups in total. The Balaban J connectivity index is 2.14. The number of hydrogen-bond acceptors (Lipinski definition) is 2. The quantitative estimate of drug-likeness (QED) is 0.850. The van der Waals surface area contributed by atoms with E-state index in [0.717, 1.165) is 17.6 Å². The van der Waals surface area contributed by atoms with Gasteiger partial charge in [-0.25, -0.2) is 0 Å². The molecular weight excluding hydrogens is 228 g/mol. The molecule has 70 valence electrons. The van der Waals surface area contributed by atoms with Crippen LogP contribution in [0.5, 0.6) is 0 Å². The first kappa shape index (κ1) is 9.03. The molecule has 1 saturated heterocycles. The van der Waals surface area contributed by atoms with Crippen LogP contribution in [0.1, 0.15) is 0 Å². The molecule has 2 rings (SSSR count). The molecule has 0 bridgehead atoms. The van der Waals surface area contributed by atoms with Crippen molar-refractivity contribution in [2.24, 2.45) is 0 Å². The Morgan fingerprint density at radius 2 is 2.23 bits per heavy atom. The zero-order valence-electron chi connectivity index (χ0n) is 7.63. The van der Waals surface area contributed by atoms with E-state index in [9.17, 15) is 0 Å². The van der Waals surface area contributed by atoms with E-state index in [2.05, 4.69) is 57.5 Å². The summed E-state index contributed by atoms with van der Waals surface area (Å²) in [6.45, 7) is 2.20. The van der Waals surface area contributed by atoms with E-state index < -0.39 is 0 Å². The van der Waals surface area contributed by atoms with Crippen molar-refractivity contribution >= 4 is 21.6 Å². The number of nitrogens with zero attached hydrogens (tertiary/aromatic N) is 1. The van der Waals surface area contributed by atoms with Crippen LogP contribution in [-0.4, -0.2) is 26.2 Å². The minimum atomic E-state index is 0.661. The van der Waals surface area contributed by atoms with Gasteiger partial charge in [0.1, 0.15) is 0 Å². The zero-order valence-corrected chi connectivity index (χ0v) is 9.21. The van der Waals surface area contributed by atoms with Crippen molar-refractivity contribution < 1.29 is 0 Å². The van der Waals surface area contributed by atoms with Crippen LogP contribution in [0.3, 0.4) is 0 Å². The summed E-state index contributed by atoms with van der Waals surface area (Å²) in [4.78, 5) is 2.32. The summed E-state index contributed by atoms with van der Waals surface area (Å²) in [6, 6.07) is 9.08. The molecule has 1 aromatic carbocycles. The van der Waals surface area contributed by atoms with Gasteiger partial charge < -0.3 is 10.2 Å². The number of nitrogens with one attached hydrogen (secondary N) is 1. The van der Waals surface area contributed by atoms with Crippen LogP contribution < -0.4 is 10.2 Å². The van der Waals surface area contributed by atoms with Crippen LogP contribution in [0.15, 0.2) is 28.7 Å². The first-order valence-electron chi connectivity index (χ1n) is 4.46. The topological polar surface area (TPSA) is 15.3 Å². The van der Waals surface area contributed by atoms with Gasteiger partial charge in [0.15, 0.2) is 0 Å². The van der Waals surface area contributed by atoms with Gasteiger partial charge in [-0.15, -0.1) is 0 Å². The van der Waals surface area contributed by atoms with E-state index in [1.807, 2.05) is 0 Å². The molecule has 0 atom stereocenters. The second kappa shape index (κ2) is 3.68. The van der Waals surface area contributed by atoms with Crippen LogP contribution in [0, 0.1) is 0 Å². The normalized spacial score (nSPS) is 16.8. The lowest BCUT2D eigenvalue weighted by molar-refractivity contribution is 0.429. The SMILES string of the molecule is CN(c1cccc(Br)c1)C1CNC1. The molecule has 1 aromatic rings. The Morgan fingerprint density at radius 3 is 2.77 bits per heavy atom. The number of anilines is 1. The predicted molar refractivity (Wildman–Crippen MR) is 59.2 cm³/mol. The van der Waals surface area contributed by atoms with Crippen LogP contribution in [0.25, 0.3) is 0 Å². The maximum Gasteiger partial charge on any atom is 0.0535 e. The molecule has 1 aliphatic rings. The molecule has 2 nitrogen and oxygen atoms in total. The van der Waals surface area contributed by atoms with E-state index in [4.69, 9.17) is 0 Å². The molecule has 0 aliphatic carbocycles. The van der Waals surface area contributed by atoms with E-state index in [1.54, 1.807) is 0 Å². The highest BCUT2D eigenvalue weighted by Crippen LogP contribution is 2.21. The first-order valence-corrected chi connectivity index (χ1v) is 5.26. The van der Waals surface area contributed by atoms with Gasteiger partial charge in [0, 0.05) is 30.3 Å². The molecule has 1 aliphatic heterocycles. The van der Waals surface area contributed by atoms with Gasteiger partial charge in [-0.2, -0.15) is 0 Å². The molecule has 0 radical (unpaired) electrons. The summed E-state index contributed by atoms with van der Waals surface area (Å²) in [5.41, 5.74) is 1.28. The van der Waals surface area contributed by atoms with Crippen LogP contribution in [0.4, 0.5) is 5.69 Å². The Morgan fingerprint density at radius 1 is 1.46 bits per heavy atom. The Kier molecular flexibility index (Phi) is 2.56. The zero-order chi connectivity index (χ0) is 9.26. The van der Waals surface area contributed by atoms with E-state index in [0.29, 0.717) is 6.04 Å². The average Bonchev–Trinajstić information content (AvgIpc) is 2.01. The Hall–Kier alpha value is -0.540. The van der Waals surface area contributed by atoms with Gasteiger partial charge in [-0.05, 0) is 18.2 Å². The van der Waals surface area contributed by atoms with Crippen molar-refractivity contribution in [1.82, 2.24) is 5.32 Å². The Bertz CT molecular complexity index is 297. The monoisotopic (exact) mass is 240 g/mol. The molecule has 0 saturated carbocycles. The largest absolute Gasteiger partial charge is 0.369 e. The van der Waals surface area contributed by atoms with Gasteiger partial charge in [-0.3, -0.25) is 0 Å². The van der Waals surface area contributed by atoms with E-state index in [-0.39, 0.29) is 0 Å². The number of benzene rings is 1. The highest BCUT2D eigenvalue weighted by Gasteiger charge is 2.21. The molecule has 0 unspecified atom stereocenters. The molecule has 0 amide bonds. The number of halogens is 1. The van der Waals surface area contributed by atoms with Crippen molar-refractivity contribution in [2.45, 2.75) is 6.04 Å². The minimum Gasteiger partial charge on any atom is -0.369 e. The molecule has 3 heteroatoms. The van der Waals surface area contributed by atoms with E-state index >= 15 is 0 Å². The third-order valence-corrected chi connectivity index (χ3v) is 3.02. The van der Waals surface area contributed by atoms with Gasteiger partial charge in [0.05, 0.1) is 6.04 Å². The maximum absolute atomic E-state index is 3.48. The van der Waals surface area contributed by atoms with Gasteiger partial charge >= 0.3 is 0 Å². The highest BCUT2D eigenvalue weighted by molar-refractivity contribution is 9.10. The second-order valence-corrected chi connectivity index (χ2v) is 4.32. The molecule has 0 aromatic heterocycles. The third kappa shape index (κ3) is 1.86. The number of hydrogen-bond donors (Lipinski definition) is 1. The van der Waals surface area contributed by atoms with Gasteiger partial charge in [-0.1, -0.05) is 22.0 Å². The summed E-state index contributed by atoms with van der Waals surface area (Å²) >= 11 is 3.48. The lowest BCUT2D eigenvalue weighted by Gasteiger charge is -2.37.